The van der Waals surface area contributed by atoms with Crippen molar-refractivity contribution in [2.24, 2.45) is 0 Å². The minimum absolute atomic E-state index is 0.121. The number of fused-ring (bicyclic) bond motifs is 1. The molecule has 5 rings (SSSR count). The monoisotopic (exact) mass is 355 g/mol. The molecular weight excluding hydrogens is 338 g/mol. The second-order valence-electron chi connectivity index (χ2n) is 6.73. The molecule has 132 valence electrons. The molecule has 1 N–H and O–H groups in total. The highest BCUT2D eigenvalue weighted by atomic mass is 16.1. The predicted molar refractivity (Wildman–Crippen MR) is 103 cm³/mol. The Bertz CT molecular complexity index is 1120. The van der Waals surface area contributed by atoms with Crippen LogP contribution in [0.4, 0.5) is 5.69 Å². The van der Waals surface area contributed by atoms with Gasteiger partial charge in [0, 0.05) is 22.7 Å². The minimum Gasteiger partial charge on any atom is -0.322 e. The van der Waals surface area contributed by atoms with Crippen LogP contribution >= 0.6 is 0 Å². The van der Waals surface area contributed by atoms with Crippen LogP contribution < -0.4 is 5.32 Å². The molecule has 1 saturated carbocycles. The second-order valence-corrected chi connectivity index (χ2v) is 6.73. The van der Waals surface area contributed by atoms with Crippen LogP contribution in [-0.4, -0.2) is 25.7 Å². The highest BCUT2D eigenvalue weighted by Crippen LogP contribution is 2.40. The fourth-order valence-electron chi connectivity index (χ4n) is 3.21. The van der Waals surface area contributed by atoms with Gasteiger partial charge in [-0.25, -0.2) is 9.67 Å². The number of rotatable bonds is 4. The fraction of sp³-hybridized carbons (Fsp3) is 0.143. The van der Waals surface area contributed by atoms with Crippen molar-refractivity contribution >= 4 is 22.5 Å². The normalized spacial score (nSPS) is 13.6. The average Bonchev–Trinajstić information content (AvgIpc) is 3.42. The van der Waals surface area contributed by atoms with Crippen molar-refractivity contribution in [3.8, 4) is 5.69 Å². The first-order valence-corrected chi connectivity index (χ1v) is 8.94. The third-order valence-corrected chi connectivity index (χ3v) is 4.78. The van der Waals surface area contributed by atoms with E-state index in [1.54, 1.807) is 11.0 Å². The quantitative estimate of drug-likeness (QED) is 0.602. The van der Waals surface area contributed by atoms with Crippen LogP contribution in [0.15, 0.2) is 67.3 Å². The SMILES string of the molecule is O=C(Nc1ccc(-n2cncn2)cc1)c1cc(C2CC2)nc2ccccc12. The summed E-state index contributed by atoms with van der Waals surface area (Å²) in [6.45, 7) is 0. The number of nitrogens with zero attached hydrogens (tertiary/aromatic N) is 4. The van der Waals surface area contributed by atoms with Crippen LogP contribution in [0.1, 0.15) is 34.8 Å². The molecule has 0 unspecified atom stereocenters. The van der Waals surface area contributed by atoms with Crippen LogP contribution in [0.25, 0.3) is 16.6 Å². The summed E-state index contributed by atoms with van der Waals surface area (Å²) in [4.78, 5) is 21.6. The lowest BCUT2D eigenvalue weighted by Gasteiger charge is -2.11. The van der Waals surface area contributed by atoms with Crippen LogP contribution in [0.2, 0.25) is 0 Å². The Morgan fingerprint density at radius 2 is 1.89 bits per heavy atom. The van der Waals surface area contributed by atoms with Gasteiger partial charge < -0.3 is 5.32 Å². The molecule has 0 atom stereocenters. The second kappa shape index (κ2) is 6.32. The van der Waals surface area contributed by atoms with Crippen molar-refractivity contribution in [3.63, 3.8) is 0 Å². The Kier molecular flexibility index (Phi) is 3.67. The summed E-state index contributed by atoms with van der Waals surface area (Å²) in [5.41, 5.74) is 4.17. The van der Waals surface area contributed by atoms with Crippen molar-refractivity contribution in [2.45, 2.75) is 18.8 Å². The third kappa shape index (κ3) is 3.06. The van der Waals surface area contributed by atoms with E-state index < -0.39 is 0 Å². The molecule has 0 spiro atoms. The number of hydrogen-bond donors (Lipinski definition) is 1. The molecule has 1 fully saturated rings. The van der Waals surface area contributed by atoms with Gasteiger partial charge in [0.15, 0.2) is 0 Å². The van der Waals surface area contributed by atoms with E-state index in [2.05, 4.69) is 15.4 Å². The summed E-state index contributed by atoms with van der Waals surface area (Å²) < 4.78 is 1.67. The molecule has 2 aromatic carbocycles. The van der Waals surface area contributed by atoms with Gasteiger partial charge >= 0.3 is 0 Å². The topological polar surface area (TPSA) is 72.7 Å². The molecule has 2 heterocycles. The lowest BCUT2D eigenvalue weighted by molar-refractivity contribution is 0.102. The van der Waals surface area contributed by atoms with Crippen LogP contribution in [0.5, 0.6) is 0 Å². The van der Waals surface area contributed by atoms with E-state index in [0.717, 1.165) is 40.8 Å². The molecule has 0 bridgehead atoms. The van der Waals surface area contributed by atoms with E-state index in [-0.39, 0.29) is 5.91 Å². The molecule has 0 aliphatic heterocycles. The molecular formula is C21H17N5O. The van der Waals surface area contributed by atoms with E-state index in [9.17, 15) is 4.79 Å². The molecule has 27 heavy (non-hydrogen) atoms. The number of para-hydroxylation sites is 1. The zero-order valence-corrected chi connectivity index (χ0v) is 14.5. The highest BCUT2D eigenvalue weighted by Gasteiger charge is 2.26. The predicted octanol–water partition coefficient (Wildman–Crippen LogP) is 3.95. The molecule has 0 radical (unpaired) electrons. The lowest BCUT2D eigenvalue weighted by atomic mass is 10.1. The van der Waals surface area contributed by atoms with E-state index >= 15 is 0 Å². The lowest BCUT2D eigenvalue weighted by Crippen LogP contribution is -2.13. The zero-order chi connectivity index (χ0) is 18.2. The molecule has 2 aromatic heterocycles. The van der Waals surface area contributed by atoms with E-state index in [1.165, 1.54) is 6.33 Å². The summed E-state index contributed by atoms with van der Waals surface area (Å²) in [6, 6.07) is 17.3. The summed E-state index contributed by atoms with van der Waals surface area (Å²) in [5.74, 6) is 0.368. The molecule has 1 aliphatic carbocycles. The summed E-state index contributed by atoms with van der Waals surface area (Å²) in [5, 5.41) is 7.97. The van der Waals surface area contributed by atoms with Gasteiger partial charge in [-0.15, -0.1) is 0 Å². The van der Waals surface area contributed by atoms with Gasteiger partial charge in [0.1, 0.15) is 12.7 Å². The van der Waals surface area contributed by atoms with Gasteiger partial charge in [0.2, 0.25) is 0 Å². The smallest absolute Gasteiger partial charge is 0.256 e. The molecule has 1 aliphatic rings. The first kappa shape index (κ1) is 15.7. The maximum Gasteiger partial charge on any atom is 0.256 e. The minimum atomic E-state index is -0.121. The maximum absolute atomic E-state index is 13.0. The van der Waals surface area contributed by atoms with Crippen molar-refractivity contribution in [3.05, 3.63) is 78.5 Å². The number of hydrogen-bond acceptors (Lipinski definition) is 4. The Hall–Kier alpha value is -3.54. The van der Waals surface area contributed by atoms with Crippen molar-refractivity contribution in [2.75, 3.05) is 5.32 Å². The largest absolute Gasteiger partial charge is 0.322 e. The fourth-order valence-corrected chi connectivity index (χ4v) is 3.21. The molecule has 1 amide bonds. The Morgan fingerprint density at radius 1 is 1.07 bits per heavy atom. The van der Waals surface area contributed by atoms with Gasteiger partial charge in [-0.2, -0.15) is 5.10 Å². The number of carbonyl (C=O) groups excluding carboxylic acids is 1. The van der Waals surface area contributed by atoms with Crippen molar-refractivity contribution in [1.82, 2.24) is 19.7 Å². The van der Waals surface area contributed by atoms with Crippen molar-refractivity contribution in [1.29, 1.82) is 0 Å². The molecule has 6 nitrogen and oxygen atoms in total. The van der Waals surface area contributed by atoms with Gasteiger partial charge in [-0.3, -0.25) is 9.78 Å². The van der Waals surface area contributed by atoms with Gasteiger partial charge in [-0.1, -0.05) is 18.2 Å². The summed E-state index contributed by atoms with van der Waals surface area (Å²) >= 11 is 0. The summed E-state index contributed by atoms with van der Waals surface area (Å²) in [7, 11) is 0. The highest BCUT2D eigenvalue weighted by molar-refractivity contribution is 6.12. The number of carbonyl (C=O) groups is 1. The van der Waals surface area contributed by atoms with Crippen LogP contribution in [-0.2, 0) is 0 Å². The van der Waals surface area contributed by atoms with Crippen LogP contribution in [0, 0.1) is 0 Å². The Balaban J connectivity index is 1.45. The first-order chi connectivity index (χ1) is 13.3. The van der Waals surface area contributed by atoms with Gasteiger partial charge in [0.25, 0.3) is 5.91 Å². The molecule has 4 aromatic rings. The van der Waals surface area contributed by atoms with E-state index in [0.29, 0.717) is 11.5 Å². The maximum atomic E-state index is 13.0. The standard InChI is InChI=1S/C21H17N5O/c27-21(24-15-7-9-16(10-8-15)26-13-22-12-23-26)18-11-20(14-5-6-14)25-19-4-2-1-3-17(18)19/h1-4,7-14H,5-6H2,(H,24,27). The molecule has 0 saturated heterocycles. The number of aromatic nitrogens is 4. The average molecular weight is 355 g/mol. The van der Waals surface area contributed by atoms with Gasteiger partial charge in [0.05, 0.1) is 16.8 Å². The zero-order valence-electron chi connectivity index (χ0n) is 14.5. The number of benzene rings is 2. The molecule has 6 heteroatoms. The number of amides is 1. The van der Waals surface area contributed by atoms with E-state index in [4.69, 9.17) is 4.98 Å². The van der Waals surface area contributed by atoms with Crippen molar-refractivity contribution < 1.29 is 4.79 Å². The van der Waals surface area contributed by atoms with Crippen LogP contribution in [0.3, 0.4) is 0 Å². The third-order valence-electron chi connectivity index (χ3n) is 4.78. The Labute approximate surface area is 155 Å². The first-order valence-electron chi connectivity index (χ1n) is 8.94. The summed E-state index contributed by atoms with van der Waals surface area (Å²) in [6.07, 6.45) is 5.42. The number of nitrogens with one attached hydrogen (secondary N) is 1. The van der Waals surface area contributed by atoms with E-state index in [1.807, 2.05) is 54.6 Å². The van der Waals surface area contributed by atoms with Gasteiger partial charge in [-0.05, 0) is 49.2 Å². The Morgan fingerprint density at radius 3 is 2.63 bits per heavy atom. The number of pyridine rings is 1. The number of anilines is 1.